The number of rotatable bonds is 5. The van der Waals surface area contributed by atoms with Crippen molar-refractivity contribution in [1.82, 2.24) is 4.90 Å². The summed E-state index contributed by atoms with van der Waals surface area (Å²) in [6.45, 7) is 7.06. The van der Waals surface area contributed by atoms with Gasteiger partial charge in [0.25, 0.3) is 0 Å². The highest BCUT2D eigenvalue weighted by atomic mass is 35.5. The van der Waals surface area contributed by atoms with Gasteiger partial charge in [-0.1, -0.05) is 11.6 Å². The topological polar surface area (TPSA) is 38.5 Å². The van der Waals surface area contributed by atoms with Crippen molar-refractivity contribution in [2.45, 2.75) is 39.2 Å². The van der Waals surface area contributed by atoms with Gasteiger partial charge in [-0.2, -0.15) is 0 Å². The van der Waals surface area contributed by atoms with Crippen LogP contribution < -0.4 is 10.5 Å². The third kappa shape index (κ3) is 2.95. The molecule has 20 heavy (non-hydrogen) atoms. The standard InChI is InChI=1S/C16H25ClN2O/c1-11-10-14(20-3)15(12(2)16(11)17)13(6-7-18)19-8-4-5-9-19/h10,13H,4-9,18H2,1-3H3. The summed E-state index contributed by atoms with van der Waals surface area (Å²) in [7, 11) is 1.73. The zero-order chi connectivity index (χ0) is 14.7. The van der Waals surface area contributed by atoms with Crippen molar-refractivity contribution in [2.24, 2.45) is 5.73 Å². The molecule has 1 fully saturated rings. The molecule has 0 spiro atoms. The van der Waals surface area contributed by atoms with Gasteiger partial charge in [0.1, 0.15) is 5.75 Å². The van der Waals surface area contributed by atoms with Gasteiger partial charge in [-0.15, -0.1) is 0 Å². The quantitative estimate of drug-likeness (QED) is 0.904. The highest BCUT2D eigenvalue weighted by Gasteiger charge is 2.28. The smallest absolute Gasteiger partial charge is 0.124 e. The Morgan fingerprint density at radius 3 is 2.55 bits per heavy atom. The minimum atomic E-state index is 0.315. The van der Waals surface area contributed by atoms with Gasteiger partial charge in [-0.05, 0) is 69.9 Å². The Balaban J connectivity index is 2.48. The molecule has 2 rings (SSSR count). The lowest BCUT2D eigenvalue weighted by Crippen LogP contribution is -2.28. The van der Waals surface area contributed by atoms with Crippen molar-refractivity contribution in [3.05, 3.63) is 27.8 Å². The summed E-state index contributed by atoms with van der Waals surface area (Å²) >= 11 is 6.46. The van der Waals surface area contributed by atoms with Gasteiger partial charge in [0, 0.05) is 16.6 Å². The van der Waals surface area contributed by atoms with Crippen molar-refractivity contribution in [3.63, 3.8) is 0 Å². The fourth-order valence-electron chi connectivity index (χ4n) is 3.24. The number of likely N-dealkylation sites (tertiary alicyclic amines) is 1. The number of nitrogens with zero attached hydrogens (tertiary/aromatic N) is 1. The first-order chi connectivity index (χ1) is 9.60. The molecule has 0 aliphatic carbocycles. The fourth-order valence-corrected chi connectivity index (χ4v) is 3.40. The summed E-state index contributed by atoms with van der Waals surface area (Å²) in [5.74, 6) is 0.940. The summed E-state index contributed by atoms with van der Waals surface area (Å²) in [5.41, 5.74) is 9.26. The van der Waals surface area contributed by atoms with E-state index in [2.05, 4.69) is 11.8 Å². The van der Waals surface area contributed by atoms with E-state index >= 15 is 0 Å². The highest BCUT2D eigenvalue weighted by Crippen LogP contribution is 2.40. The molecule has 0 aromatic heterocycles. The maximum absolute atomic E-state index is 6.46. The van der Waals surface area contributed by atoms with Crippen LogP contribution in [-0.2, 0) is 0 Å². The Kier molecular flexibility index (Phi) is 5.30. The molecule has 3 nitrogen and oxygen atoms in total. The largest absolute Gasteiger partial charge is 0.496 e. The minimum absolute atomic E-state index is 0.315. The molecular weight excluding hydrogens is 272 g/mol. The van der Waals surface area contributed by atoms with Gasteiger partial charge in [0.15, 0.2) is 0 Å². The SMILES string of the molecule is COc1cc(C)c(Cl)c(C)c1C(CCN)N1CCCC1. The lowest BCUT2D eigenvalue weighted by molar-refractivity contribution is 0.229. The summed E-state index contributed by atoms with van der Waals surface area (Å²) in [4.78, 5) is 2.52. The first-order valence-corrected chi connectivity index (χ1v) is 7.75. The molecule has 0 radical (unpaired) electrons. The number of aryl methyl sites for hydroxylation is 1. The van der Waals surface area contributed by atoms with Crippen molar-refractivity contribution >= 4 is 11.6 Å². The molecule has 1 atom stereocenters. The van der Waals surface area contributed by atoms with Gasteiger partial charge in [-0.25, -0.2) is 0 Å². The molecule has 2 N–H and O–H groups in total. The third-order valence-electron chi connectivity index (χ3n) is 4.27. The molecule has 1 aromatic carbocycles. The molecule has 1 aliphatic rings. The molecule has 1 saturated heterocycles. The average molecular weight is 297 g/mol. The summed E-state index contributed by atoms with van der Waals surface area (Å²) in [5, 5.41) is 0.849. The highest BCUT2D eigenvalue weighted by molar-refractivity contribution is 6.32. The van der Waals surface area contributed by atoms with E-state index in [-0.39, 0.29) is 0 Å². The fraction of sp³-hybridized carbons (Fsp3) is 0.625. The molecule has 0 bridgehead atoms. The molecular formula is C16H25ClN2O. The lowest BCUT2D eigenvalue weighted by atomic mass is 9.94. The normalized spacial score (nSPS) is 17.4. The molecule has 112 valence electrons. The van der Waals surface area contributed by atoms with Gasteiger partial charge in [0.2, 0.25) is 0 Å². The van der Waals surface area contributed by atoms with Gasteiger partial charge in [0.05, 0.1) is 7.11 Å². The van der Waals surface area contributed by atoms with E-state index in [0.29, 0.717) is 12.6 Å². The second-order valence-electron chi connectivity index (χ2n) is 5.58. The van der Waals surface area contributed by atoms with Crippen LogP contribution in [-0.4, -0.2) is 31.6 Å². The predicted octanol–water partition coefficient (Wildman–Crippen LogP) is 3.45. The van der Waals surface area contributed by atoms with Crippen LogP contribution in [0.3, 0.4) is 0 Å². The van der Waals surface area contributed by atoms with Gasteiger partial charge >= 0.3 is 0 Å². The molecule has 0 amide bonds. The van der Waals surface area contributed by atoms with E-state index < -0.39 is 0 Å². The van der Waals surface area contributed by atoms with Gasteiger partial charge < -0.3 is 10.5 Å². The molecule has 1 heterocycles. The molecule has 0 saturated carbocycles. The molecule has 1 aromatic rings. The Labute approximate surface area is 127 Å². The number of hydrogen-bond donors (Lipinski definition) is 1. The zero-order valence-corrected chi connectivity index (χ0v) is 13.5. The van der Waals surface area contributed by atoms with Crippen LogP contribution in [0.4, 0.5) is 0 Å². The van der Waals surface area contributed by atoms with Crippen LogP contribution in [0.1, 0.15) is 42.0 Å². The Morgan fingerprint density at radius 1 is 1.35 bits per heavy atom. The molecule has 1 unspecified atom stereocenters. The number of hydrogen-bond acceptors (Lipinski definition) is 3. The minimum Gasteiger partial charge on any atom is -0.496 e. The maximum Gasteiger partial charge on any atom is 0.124 e. The second-order valence-corrected chi connectivity index (χ2v) is 5.96. The van der Waals surface area contributed by atoms with Crippen molar-refractivity contribution in [3.8, 4) is 5.75 Å². The van der Waals surface area contributed by atoms with E-state index in [1.54, 1.807) is 7.11 Å². The van der Waals surface area contributed by atoms with E-state index in [1.165, 1.54) is 18.4 Å². The molecule has 4 heteroatoms. The Morgan fingerprint density at radius 2 is 2.00 bits per heavy atom. The number of nitrogens with two attached hydrogens (primary N) is 1. The Bertz CT molecular complexity index is 470. The van der Waals surface area contributed by atoms with E-state index in [0.717, 1.165) is 41.4 Å². The Hall–Kier alpha value is -0.770. The maximum atomic E-state index is 6.46. The number of benzene rings is 1. The summed E-state index contributed by atoms with van der Waals surface area (Å²) < 4.78 is 5.62. The van der Waals surface area contributed by atoms with Gasteiger partial charge in [-0.3, -0.25) is 4.90 Å². The van der Waals surface area contributed by atoms with E-state index in [4.69, 9.17) is 22.1 Å². The lowest BCUT2D eigenvalue weighted by Gasteiger charge is -2.31. The monoisotopic (exact) mass is 296 g/mol. The number of halogens is 1. The molecule has 1 aliphatic heterocycles. The van der Waals surface area contributed by atoms with E-state index in [1.807, 2.05) is 13.0 Å². The van der Waals surface area contributed by atoms with Crippen LogP contribution in [0.2, 0.25) is 5.02 Å². The van der Waals surface area contributed by atoms with E-state index in [9.17, 15) is 0 Å². The summed E-state index contributed by atoms with van der Waals surface area (Å²) in [6, 6.07) is 2.36. The van der Waals surface area contributed by atoms with Crippen LogP contribution in [0.15, 0.2) is 6.07 Å². The first kappa shape index (κ1) is 15.6. The van der Waals surface area contributed by atoms with Crippen molar-refractivity contribution < 1.29 is 4.74 Å². The van der Waals surface area contributed by atoms with Crippen molar-refractivity contribution in [2.75, 3.05) is 26.7 Å². The number of ether oxygens (including phenoxy) is 1. The zero-order valence-electron chi connectivity index (χ0n) is 12.7. The van der Waals surface area contributed by atoms with Crippen molar-refractivity contribution in [1.29, 1.82) is 0 Å². The summed E-state index contributed by atoms with van der Waals surface area (Å²) in [6.07, 6.45) is 3.47. The average Bonchev–Trinajstić information content (AvgIpc) is 2.96. The third-order valence-corrected chi connectivity index (χ3v) is 4.85. The number of methoxy groups -OCH3 is 1. The van der Waals surface area contributed by atoms with Crippen LogP contribution in [0.25, 0.3) is 0 Å². The van der Waals surface area contributed by atoms with Crippen LogP contribution in [0, 0.1) is 13.8 Å². The first-order valence-electron chi connectivity index (χ1n) is 7.37. The predicted molar refractivity (Wildman–Crippen MR) is 84.7 cm³/mol. The van der Waals surface area contributed by atoms with Crippen LogP contribution >= 0.6 is 11.6 Å². The second kappa shape index (κ2) is 6.79. The van der Waals surface area contributed by atoms with Crippen LogP contribution in [0.5, 0.6) is 5.75 Å².